The van der Waals surface area contributed by atoms with Crippen molar-refractivity contribution in [1.82, 2.24) is 0 Å². The van der Waals surface area contributed by atoms with Crippen LogP contribution in [-0.2, 0) is 0 Å². The normalized spacial score (nSPS) is 25.4. The molecule has 0 amide bonds. The monoisotopic (exact) mass is 291 g/mol. The fourth-order valence-electron chi connectivity index (χ4n) is 2.48. The van der Waals surface area contributed by atoms with Crippen molar-refractivity contribution in [2.24, 2.45) is 5.73 Å². The van der Waals surface area contributed by atoms with E-state index < -0.39 is 0 Å². The molecule has 1 nitrogen and oxygen atoms in total. The van der Waals surface area contributed by atoms with Gasteiger partial charge in [0.2, 0.25) is 0 Å². The second-order valence-corrected chi connectivity index (χ2v) is 6.35. The molecule has 19 heavy (non-hydrogen) atoms. The molecule has 1 saturated carbocycles. The maximum atomic E-state index is 6.39. The zero-order chi connectivity index (χ0) is 13.6. The lowest BCUT2D eigenvalue weighted by Crippen LogP contribution is -2.18. The maximum Gasteiger partial charge on any atom is 0.0447 e. The highest BCUT2D eigenvalue weighted by Gasteiger charge is 2.48. The standard InChI is InChI=1S/C16H15Cl2N/c1-16(19)9-14(16)13-7-4-11(8-15(13)18)10-2-5-12(17)6-3-10/h2-8,14H,9,19H2,1H3. The van der Waals surface area contributed by atoms with Crippen molar-refractivity contribution in [2.75, 3.05) is 0 Å². The Kier molecular flexibility index (Phi) is 3.09. The van der Waals surface area contributed by atoms with E-state index in [2.05, 4.69) is 19.1 Å². The van der Waals surface area contributed by atoms with Gasteiger partial charge in [-0.3, -0.25) is 0 Å². The van der Waals surface area contributed by atoms with Gasteiger partial charge in [0.25, 0.3) is 0 Å². The molecule has 1 aliphatic rings. The molecule has 3 rings (SSSR count). The number of hydrogen-bond acceptors (Lipinski definition) is 1. The van der Waals surface area contributed by atoms with E-state index in [1.165, 1.54) is 0 Å². The van der Waals surface area contributed by atoms with Crippen LogP contribution in [-0.4, -0.2) is 5.54 Å². The van der Waals surface area contributed by atoms with Gasteiger partial charge in [-0.05, 0) is 48.2 Å². The van der Waals surface area contributed by atoms with E-state index in [0.717, 1.165) is 33.2 Å². The third-order valence-corrected chi connectivity index (χ3v) is 4.41. The number of rotatable bonds is 2. The highest BCUT2D eigenvalue weighted by Crippen LogP contribution is 2.51. The van der Waals surface area contributed by atoms with Crippen LogP contribution in [0, 0.1) is 0 Å². The van der Waals surface area contributed by atoms with Gasteiger partial charge in [-0.25, -0.2) is 0 Å². The highest BCUT2D eigenvalue weighted by molar-refractivity contribution is 6.32. The summed E-state index contributed by atoms with van der Waals surface area (Å²) in [4.78, 5) is 0. The SMILES string of the molecule is CC1(N)CC1c1ccc(-c2ccc(Cl)cc2)cc1Cl. The van der Waals surface area contributed by atoms with Gasteiger partial charge >= 0.3 is 0 Å². The predicted octanol–water partition coefficient (Wildman–Crippen LogP) is 4.87. The summed E-state index contributed by atoms with van der Waals surface area (Å²) in [6, 6.07) is 14.0. The van der Waals surface area contributed by atoms with Gasteiger partial charge in [0.1, 0.15) is 0 Å². The zero-order valence-electron chi connectivity index (χ0n) is 10.7. The third-order valence-electron chi connectivity index (χ3n) is 3.83. The summed E-state index contributed by atoms with van der Waals surface area (Å²) in [5, 5.41) is 1.54. The maximum absolute atomic E-state index is 6.39. The van der Waals surface area contributed by atoms with Gasteiger partial charge in [-0.2, -0.15) is 0 Å². The van der Waals surface area contributed by atoms with Crippen molar-refractivity contribution in [3.63, 3.8) is 0 Å². The van der Waals surface area contributed by atoms with Crippen LogP contribution < -0.4 is 5.73 Å². The molecular formula is C16H15Cl2N. The first-order valence-electron chi connectivity index (χ1n) is 6.32. The molecule has 2 aromatic rings. The fourth-order valence-corrected chi connectivity index (χ4v) is 2.92. The van der Waals surface area contributed by atoms with Crippen LogP contribution in [0.15, 0.2) is 42.5 Å². The van der Waals surface area contributed by atoms with Crippen LogP contribution in [0.3, 0.4) is 0 Å². The summed E-state index contributed by atoms with van der Waals surface area (Å²) in [7, 11) is 0. The predicted molar refractivity (Wildman–Crippen MR) is 81.8 cm³/mol. The zero-order valence-corrected chi connectivity index (χ0v) is 12.2. The Morgan fingerprint density at radius 1 is 1.05 bits per heavy atom. The van der Waals surface area contributed by atoms with Crippen molar-refractivity contribution in [3.05, 3.63) is 58.1 Å². The molecule has 2 N–H and O–H groups in total. The van der Waals surface area contributed by atoms with Crippen LogP contribution in [0.25, 0.3) is 11.1 Å². The smallest absolute Gasteiger partial charge is 0.0447 e. The average Bonchev–Trinajstić information content (AvgIpc) is 2.99. The van der Waals surface area contributed by atoms with Gasteiger partial charge < -0.3 is 5.73 Å². The van der Waals surface area contributed by atoms with E-state index in [0.29, 0.717) is 5.92 Å². The van der Waals surface area contributed by atoms with E-state index in [1.54, 1.807) is 0 Å². The molecule has 3 heteroatoms. The van der Waals surface area contributed by atoms with Gasteiger partial charge in [0.15, 0.2) is 0 Å². The molecule has 2 aromatic carbocycles. The van der Waals surface area contributed by atoms with Crippen molar-refractivity contribution in [3.8, 4) is 11.1 Å². The molecule has 2 unspecified atom stereocenters. The van der Waals surface area contributed by atoms with Gasteiger partial charge in [0, 0.05) is 21.5 Å². The third kappa shape index (κ3) is 2.51. The first kappa shape index (κ1) is 13.0. The van der Waals surface area contributed by atoms with Crippen molar-refractivity contribution in [1.29, 1.82) is 0 Å². The number of nitrogens with two attached hydrogens (primary N) is 1. The molecule has 0 saturated heterocycles. The molecule has 2 atom stereocenters. The summed E-state index contributed by atoms with van der Waals surface area (Å²) < 4.78 is 0. The topological polar surface area (TPSA) is 26.0 Å². The molecule has 0 heterocycles. The lowest BCUT2D eigenvalue weighted by atomic mass is 10.0. The number of hydrogen-bond donors (Lipinski definition) is 1. The molecular weight excluding hydrogens is 277 g/mol. The molecule has 0 bridgehead atoms. The van der Waals surface area contributed by atoms with E-state index in [1.807, 2.05) is 30.3 Å². The molecule has 98 valence electrons. The Balaban J connectivity index is 1.93. The summed E-state index contributed by atoms with van der Waals surface area (Å²) in [6.07, 6.45) is 1.01. The summed E-state index contributed by atoms with van der Waals surface area (Å²) in [6.45, 7) is 2.07. The highest BCUT2D eigenvalue weighted by atomic mass is 35.5. The van der Waals surface area contributed by atoms with Crippen LogP contribution in [0.4, 0.5) is 0 Å². The van der Waals surface area contributed by atoms with E-state index in [4.69, 9.17) is 28.9 Å². The summed E-state index contributed by atoms with van der Waals surface area (Å²) in [5.41, 5.74) is 9.38. The Morgan fingerprint density at radius 3 is 2.16 bits per heavy atom. The first-order valence-corrected chi connectivity index (χ1v) is 7.07. The van der Waals surface area contributed by atoms with Crippen LogP contribution in [0.1, 0.15) is 24.8 Å². The summed E-state index contributed by atoms with van der Waals surface area (Å²) in [5.74, 6) is 0.388. The first-order chi connectivity index (χ1) is 8.97. The van der Waals surface area contributed by atoms with Crippen molar-refractivity contribution < 1.29 is 0 Å². The van der Waals surface area contributed by atoms with Crippen LogP contribution in [0.5, 0.6) is 0 Å². The lowest BCUT2D eigenvalue weighted by molar-refractivity contribution is 0.728. The van der Waals surface area contributed by atoms with Crippen molar-refractivity contribution in [2.45, 2.75) is 24.8 Å². The average molecular weight is 292 g/mol. The quantitative estimate of drug-likeness (QED) is 0.840. The van der Waals surface area contributed by atoms with E-state index >= 15 is 0 Å². The molecule has 0 radical (unpaired) electrons. The second kappa shape index (κ2) is 4.52. The molecule has 0 spiro atoms. The minimum atomic E-state index is -0.0918. The fraction of sp³-hybridized carbons (Fsp3) is 0.250. The van der Waals surface area contributed by atoms with Gasteiger partial charge in [-0.15, -0.1) is 0 Å². The second-order valence-electron chi connectivity index (χ2n) is 5.51. The minimum absolute atomic E-state index is 0.0918. The lowest BCUT2D eigenvalue weighted by Gasteiger charge is -2.09. The van der Waals surface area contributed by atoms with Gasteiger partial charge in [0.05, 0.1) is 0 Å². The van der Waals surface area contributed by atoms with Crippen molar-refractivity contribution >= 4 is 23.2 Å². The molecule has 0 aromatic heterocycles. The Bertz CT molecular complexity index is 617. The van der Waals surface area contributed by atoms with E-state index in [-0.39, 0.29) is 5.54 Å². The Hall–Kier alpha value is -1.02. The van der Waals surface area contributed by atoms with Crippen LogP contribution >= 0.6 is 23.2 Å². The van der Waals surface area contributed by atoms with Gasteiger partial charge in [-0.1, -0.05) is 47.5 Å². The number of benzene rings is 2. The Labute approximate surface area is 123 Å². The largest absolute Gasteiger partial charge is 0.325 e. The minimum Gasteiger partial charge on any atom is -0.325 e. The number of halogens is 2. The molecule has 1 fully saturated rings. The van der Waals surface area contributed by atoms with E-state index in [9.17, 15) is 0 Å². The molecule has 0 aliphatic heterocycles. The molecule has 1 aliphatic carbocycles. The Morgan fingerprint density at radius 2 is 1.63 bits per heavy atom. The summed E-state index contributed by atoms with van der Waals surface area (Å²) >= 11 is 12.3. The van der Waals surface area contributed by atoms with Crippen LogP contribution in [0.2, 0.25) is 10.0 Å².